The predicted molar refractivity (Wildman–Crippen MR) is 553 cm³/mol. The number of hydrogen-bond donors (Lipinski definition) is 10. The van der Waals surface area contributed by atoms with E-state index in [4.69, 9.17) is 21.1 Å². The highest BCUT2D eigenvalue weighted by atomic mass is 32.2. The van der Waals surface area contributed by atoms with E-state index in [-0.39, 0.29) is 85.6 Å². The second kappa shape index (κ2) is 53.7. The standard InChI is InChI=1S/C17H17NO3.C17H17NO2.C16H16N2O2.C16H17NO3S.C15H14N2O3.2C15H14O4S/c1-12-7-9-13(10-8-12)11-16(19)14-5-3-4-6-15(14)18-17(20)21-2;1-12-7-9-14(10-8-12)11-17(20)15-5-3-4-6-16(15)18-13(2)19;1-11-6-8-12(9-7-11)10-15(19)13-4-2-3-5-14(13)18-16(17)20;1-12-7-9-13(10-8-12)11-16(18)14-5-3-4-6-15(14)17-21(2,19)20;1-10-6-8-11(9-7-10)16-15(20)17-13-5-3-2-4-12(13)14(18)19;2*1-11-6-8-13(9-7-11)20(18,19)10-12-4-2-3-5-14(12)15(16)17/h3-10H,11H2,1-2H3,(H,18,20);3-10H,11H2,1-2H3,(H,18,19);2-9H,10H2,1H3,(H3,17,18,20);3-10,17H,11H2,1-2H3;2-9H,1H3,(H,18,19)(H2,16,17,20);2*2-9H,10H2,1H3,(H,16,17). The Morgan fingerprint density at radius 3 is 0.824 bits per heavy atom. The molecule has 11 N–H and O–H groups in total. The van der Waals surface area contributed by atoms with Crippen molar-refractivity contribution in [3.05, 3.63) is 451 Å². The van der Waals surface area contributed by atoms with Gasteiger partial charge in [-0.3, -0.25) is 34.0 Å². The molecule has 28 nitrogen and oxygen atoms in total. The van der Waals surface area contributed by atoms with Crippen LogP contribution in [0.2, 0.25) is 0 Å². The van der Waals surface area contributed by atoms with Gasteiger partial charge >= 0.3 is 36.1 Å². The number of carboxylic acid groups (broad SMARTS) is 3. The summed E-state index contributed by atoms with van der Waals surface area (Å²) in [5.74, 6) is -4.39. The summed E-state index contributed by atoms with van der Waals surface area (Å²) in [6.07, 6.45) is 1.62. The van der Waals surface area contributed by atoms with Gasteiger partial charge in [-0.25, -0.2) is 54.0 Å². The number of benzene rings is 14. The lowest BCUT2D eigenvalue weighted by atomic mass is 10.0. The van der Waals surface area contributed by atoms with Gasteiger partial charge < -0.3 is 47.1 Å². The molecule has 0 atom stereocenters. The number of nitrogens with two attached hydrogens (primary N) is 1. The molecule has 0 aliphatic rings. The first kappa shape index (κ1) is 110. The molecule has 0 aliphatic heterocycles. The van der Waals surface area contributed by atoms with Gasteiger partial charge in [-0.15, -0.1) is 0 Å². The highest BCUT2D eigenvalue weighted by molar-refractivity contribution is 7.92. The van der Waals surface area contributed by atoms with Crippen LogP contribution in [0, 0.1) is 48.5 Å². The number of anilines is 6. The second-order valence-electron chi connectivity index (χ2n) is 32.6. The SMILES string of the molecule is CC(=O)Nc1ccccc1C(=O)Cc1ccc(C)cc1.COC(=O)Nc1ccccc1C(=O)Cc1ccc(C)cc1.Cc1ccc(CC(=O)c2ccccc2NC(N)=O)cc1.Cc1ccc(CC(=O)c2ccccc2NS(C)(=O)=O)cc1.Cc1ccc(NC(=O)Nc2ccccc2C(=O)O)cc1.Cc1ccc(S(=O)(=O)Cc2ccccc2C(=O)O)cc1.Cc1ccc(S(=O)(=O)Cc2ccccc2C(=O)O)cc1. The molecule has 142 heavy (non-hydrogen) atoms. The number of ketones is 4. The maximum absolute atomic E-state index is 12.4. The van der Waals surface area contributed by atoms with Crippen molar-refractivity contribution in [3.8, 4) is 0 Å². The number of hydrogen-bond acceptors (Lipinski definition) is 18. The highest BCUT2D eigenvalue weighted by Gasteiger charge is 2.24. The van der Waals surface area contributed by atoms with Crippen LogP contribution in [0.4, 0.5) is 48.5 Å². The van der Waals surface area contributed by atoms with E-state index in [0.29, 0.717) is 74.7 Å². The minimum absolute atomic E-state index is 0.00166. The van der Waals surface area contributed by atoms with Crippen molar-refractivity contribution in [2.75, 3.05) is 44.7 Å². The number of primary amides is 1. The molecule has 0 bridgehead atoms. The molecule has 0 heterocycles. The van der Waals surface area contributed by atoms with Crippen LogP contribution in [0.25, 0.3) is 0 Å². The van der Waals surface area contributed by atoms with Crippen LogP contribution in [0.15, 0.2) is 350 Å². The number of carboxylic acids is 3. The number of para-hydroxylation sites is 5. The van der Waals surface area contributed by atoms with E-state index in [9.17, 15) is 78.0 Å². The molecule has 0 saturated heterocycles. The lowest BCUT2D eigenvalue weighted by Crippen LogP contribution is -2.21. The number of carbonyl (C=O) groups is 11. The van der Waals surface area contributed by atoms with Gasteiger partial charge in [-0.05, 0) is 191 Å². The molecule has 0 spiro atoms. The van der Waals surface area contributed by atoms with Crippen LogP contribution in [-0.4, -0.2) is 119 Å². The van der Waals surface area contributed by atoms with Crippen molar-refractivity contribution in [2.45, 2.75) is 102 Å². The Morgan fingerprint density at radius 2 is 0.535 bits per heavy atom. The lowest BCUT2D eigenvalue weighted by Gasteiger charge is -2.10. The summed E-state index contributed by atoms with van der Waals surface area (Å²) >= 11 is 0. The van der Waals surface area contributed by atoms with E-state index in [1.54, 1.807) is 170 Å². The van der Waals surface area contributed by atoms with Crippen LogP contribution in [0.1, 0.15) is 152 Å². The molecular formula is C111H109N7O21S3. The zero-order valence-corrected chi connectivity index (χ0v) is 82.0. The molecule has 14 aromatic carbocycles. The normalized spacial score (nSPS) is 10.5. The van der Waals surface area contributed by atoms with Crippen molar-refractivity contribution in [2.24, 2.45) is 5.73 Å². The second-order valence-corrected chi connectivity index (χ2v) is 38.3. The number of Topliss-reactive ketones (excluding diaryl/α,β-unsaturated/α-hetero) is 4. The predicted octanol–water partition coefficient (Wildman–Crippen LogP) is 21.4. The first-order valence-corrected chi connectivity index (χ1v) is 49.2. The van der Waals surface area contributed by atoms with E-state index < -0.39 is 65.8 Å². The monoisotopic (exact) mass is 1970 g/mol. The van der Waals surface area contributed by atoms with Gasteiger partial charge in [0.15, 0.2) is 42.8 Å². The summed E-state index contributed by atoms with van der Waals surface area (Å²) < 4.78 is 78.8. The molecular weight excluding hydrogens is 1860 g/mol. The molecule has 0 saturated carbocycles. The highest BCUT2D eigenvalue weighted by Crippen LogP contribution is 2.28. The minimum Gasteiger partial charge on any atom is -0.478 e. The molecule has 14 rings (SSSR count). The van der Waals surface area contributed by atoms with E-state index in [1.165, 1.54) is 80.3 Å². The fourth-order valence-electron chi connectivity index (χ4n) is 13.4. The van der Waals surface area contributed by atoms with Crippen molar-refractivity contribution in [1.29, 1.82) is 0 Å². The number of sulfone groups is 2. The van der Waals surface area contributed by atoms with Crippen molar-refractivity contribution in [1.82, 2.24) is 0 Å². The molecule has 0 radical (unpaired) electrons. The van der Waals surface area contributed by atoms with E-state index in [1.807, 2.05) is 158 Å². The molecule has 31 heteroatoms. The Kier molecular flexibility index (Phi) is 41.8. The number of rotatable bonds is 28. The van der Waals surface area contributed by atoms with Gasteiger partial charge in [0.2, 0.25) is 15.9 Å². The Morgan fingerprint density at radius 1 is 0.289 bits per heavy atom. The molecule has 0 aromatic heterocycles. The van der Waals surface area contributed by atoms with Gasteiger partial charge in [0, 0.05) is 60.5 Å². The number of sulfonamides is 1. The lowest BCUT2D eigenvalue weighted by molar-refractivity contribution is -0.114. The van der Waals surface area contributed by atoms with Gasteiger partial charge in [0.1, 0.15) is 0 Å². The number of aromatic carboxylic acids is 3. The number of amides is 6. The summed E-state index contributed by atoms with van der Waals surface area (Å²) in [7, 11) is -9.23. The largest absolute Gasteiger partial charge is 0.478 e. The Balaban J connectivity index is 0.000000203. The van der Waals surface area contributed by atoms with Gasteiger partial charge in [-0.2, -0.15) is 0 Å². The van der Waals surface area contributed by atoms with Crippen LogP contribution in [0.3, 0.4) is 0 Å². The van der Waals surface area contributed by atoms with Gasteiger partial charge in [0.05, 0.1) is 79.8 Å². The third kappa shape index (κ3) is 36.9. The van der Waals surface area contributed by atoms with Crippen LogP contribution < -0.4 is 37.0 Å². The Hall–Kier alpha value is -16.9. The number of urea groups is 2. The molecule has 14 aromatic rings. The average molecular weight is 1970 g/mol. The Labute approximate surface area is 825 Å². The summed E-state index contributed by atoms with van der Waals surface area (Å²) in [4.78, 5) is 128. The number of nitrogens with one attached hydrogen (secondary N) is 6. The topological polar surface area (TPSA) is 458 Å². The molecule has 732 valence electrons. The number of aryl methyl sites for hydroxylation is 7. The van der Waals surface area contributed by atoms with Crippen molar-refractivity contribution in [3.63, 3.8) is 0 Å². The number of methoxy groups -OCH3 is 1. The third-order valence-electron chi connectivity index (χ3n) is 20.8. The number of ether oxygens (including phenoxy) is 1. The van der Waals surface area contributed by atoms with E-state index in [2.05, 4.69) is 36.0 Å². The maximum atomic E-state index is 12.4. The first-order valence-electron chi connectivity index (χ1n) is 44.0. The molecule has 0 aliphatic carbocycles. The molecule has 0 fully saturated rings. The van der Waals surface area contributed by atoms with E-state index >= 15 is 0 Å². The zero-order valence-electron chi connectivity index (χ0n) is 79.6. The van der Waals surface area contributed by atoms with E-state index in [0.717, 1.165) is 61.9 Å². The fraction of sp³-hybridized carbons (Fsp3) is 0.144. The summed E-state index contributed by atoms with van der Waals surface area (Å²) in [5.41, 5.74) is 21.7. The first-order chi connectivity index (χ1) is 67.4. The van der Waals surface area contributed by atoms with Crippen LogP contribution >= 0.6 is 0 Å². The smallest absolute Gasteiger partial charge is 0.411 e. The average Bonchev–Trinajstić information content (AvgIpc) is 0.778. The van der Waals surface area contributed by atoms with Crippen LogP contribution in [0.5, 0.6) is 0 Å². The van der Waals surface area contributed by atoms with Gasteiger partial charge in [0.25, 0.3) is 0 Å². The summed E-state index contributed by atoms with van der Waals surface area (Å²) in [6, 6.07) is 96.3. The minimum atomic E-state index is -3.55. The summed E-state index contributed by atoms with van der Waals surface area (Å²) in [5, 5.41) is 40.1. The molecule has 6 amide bonds. The quantitative estimate of drug-likeness (QED) is 0.0204. The Bertz CT molecular complexity index is 6920. The maximum Gasteiger partial charge on any atom is 0.411 e. The number of carbonyl (C=O) groups excluding carboxylic acids is 8. The van der Waals surface area contributed by atoms with Crippen LogP contribution in [-0.2, 0) is 76.4 Å². The fourth-order valence-corrected chi connectivity index (χ4v) is 16.8. The van der Waals surface area contributed by atoms with Crippen molar-refractivity contribution < 1.29 is 98.0 Å². The zero-order chi connectivity index (χ0) is 104. The molecule has 0 unspecified atom stereocenters. The third-order valence-corrected chi connectivity index (χ3v) is 24.8. The van der Waals surface area contributed by atoms with Gasteiger partial charge in [-0.1, -0.05) is 269 Å². The van der Waals surface area contributed by atoms with Crippen molar-refractivity contribution >= 4 is 129 Å². The summed E-state index contributed by atoms with van der Waals surface area (Å²) in [6.45, 7) is 15.1.